The van der Waals surface area contributed by atoms with E-state index in [0.717, 1.165) is 22.0 Å². The summed E-state index contributed by atoms with van der Waals surface area (Å²) in [6, 6.07) is 11.6. The van der Waals surface area contributed by atoms with Crippen LogP contribution < -0.4 is 10.1 Å². The van der Waals surface area contributed by atoms with Crippen LogP contribution >= 0.6 is 23.6 Å². The Morgan fingerprint density at radius 2 is 2.20 bits per heavy atom. The first-order valence-electron chi connectivity index (χ1n) is 7.76. The molecule has 1 amide bonds. The van der Waals surface area contributed by atoms with E-state index in [4.69, 9.17) is 17.0 Å². The third-order valence-corrected chi connectivity index (χ3v) is 4.91. The molecule has 6 nitrogen and oxygen atoms in total. The van der Waals surface area contributed by atoms with E-state index in [2.05, 4.69) is 15.5 Å². The molecule has 0 saturated carbocycles. The van der Waals surface area contributed by atoms with Crippen molar-refractivity contribution >= 4 is 29.5 Å². The third-order valence-electron chi connectivity index (χ3n) is 3.73. The van der Waals surface area contributed by atoms with Crippen LogP contribution in [0.5, 0.6) is 5.75 Å². The van der Waals surface area contributed by atoms with Gasteiger partial charge in [-0.25, -0.2) is 0 Å². The number of aromatic amines is 1. The second-order valence-electron chi connectivity index (χ2n) is 5.32. The molecule has 130 valence electrons. The van der Waals surface area contributed by atoms with Crippen molar-refractivity contribution in [3.05, 3.63) is 52.1 Å². The Hall–Kier alpha value is -2.45. The van der Waals surface area contributed by atoms with Gasteiger partial charge >= 0.3 is 0 Å². The number of H-pyrrole nitrogens is 1. The summed E-state index contributed by atoms with van der Waals surface area (Å²) in [7, 11) is 1.62. The molecule has 1 aromatic carbocycles. The van der Waals surface area contributed by atoms with Gasteiger partial charge in [0, 0.05) is 25.1 Å². The van der Waals surface area contributed by atoms with E-state index in [1.807, 2.05) is 46.3 Å². The summed E-state index contributed by atoms with van der Waals surface area (Å²) in [5.41, 5.74) is 0.942. The first-order chi connectivity index (χ1) is 12.2. The highest BCUT2D eigenvalue weighted by Gasteiger charge is 2.11. The van der Waals surface area contributed by atoms with Crippen molar-refractivity contribution in [2.45, 2.75) is 19.5 Å². The number of para-hydroxylation sites is 1. The molecule has 0 fully saturated rings. The van der Waals surface area contributed by atoms with Crippen LogP contribution in [0.3, 0.4) is 0 Å². The van der Waals surface area contributed by atoms with Gasteiger partial charge in [-0.05, 0) is 29.7 Å². The van der Waals surface area contributed by atoms with E-state index in [0.29, 0.717) is 24.3 Å². The minimum Gasteiger partial charge on any atom is -0.496 e. The number of rotatable bonds is 7. The third kappa shape index (κ3) is 4.15. The number of nitrogens with zero attached hydrogens (tertiary/aromatic N) is 2. The van der Waals surface area contributed by atoms with Crippen LogP contribution in [-0.4, -0.2) is 27.8 Å². The molecule has 3 rings (SSSR count). The quantitative estimate of drug-likeness (QED) is 0.622. The maximum atomic E-state index is 12.2. The van der Waals surface area contributed by atoms with Gasteiger partial charge in [0.25, 0.3) is 0 Å². The van der Waals surface area contributed by atoms with Crippen molar-refractivity contribution < 1.29 is 9.53 Å². The Bertz CT molecular complexity index is 900. The smallest absolute Gasteiger partial charge is 0.222 e. The molecule has 25 heavy (non-hydrogen) atoms. The summed E-state index contributed by atoms with van der Waals surface area (Å²) in [6.07, 6.45) is 0.321. The summed E-state index contributed by atoms with van der Waals surface area (Å²) < 4.78 is 7.65. The summed E-state index contributed by atoms with van der Waals surface area (Å²) in [4.78, 5) is 13.2. The zero-order valence-corrected chi connectivity index (χ0v) is 15.3. The zero-order valence-electron chi connectivity index (χ0n) is 13.7. The van der Waals surface area contributed by atoms with E-state index >= 15 is 0 Å². The van der Waals surface area contributed by atoms with E-state index < -0.39 is 0 Å². The SMILES string of the molecule is COc1ccccc1CNC(=O)CCn1c(-c2cccs2)n[nH]c1=S. The van der Waals surface area contributed by atoms with Crippen molar-refractivity contribution in [1.82, 2.24) is 20.1 Å². The van der Waals surface area contributed by atoms with Gasteiger partial charge in [-0.15, -0.1) is 11.3 Å². The molecular weight excluding hydrogens is 356 g/mol. The molecular formula is C17H18N4O2S2. The Kier molecular flexibility index (Phi) is 5.62. The van der Waals surface area contributed by atoms with E-state index in [-0.39, 0.29) is 5.91 Å². The highest BCUT2D eigenvalue weighted by molar-refractivity contribution is 7.71. The predicted molar refractivity (Wildman–Crippen MR) is 100 cm³/mol. The number of benzene rings is 1. The predicted octanol–water partition coefficient (Wildman–Crippen LogP) is 3.38. The van der Waals surface area contributed by atoms with E-state index in [1.165, 1.54) is 0 Å². The number of thiophene rings is 1. The van der Waals surface area contributed by atoms with Crippen LogP contribution in [-0.2, 0) is 17.9 Å². The number of hydrogen-bond donors (Lipinski definition) is 2. The van der Waals surface area contributed by atoms with Gasteiger partial charge in [-0.3, -0.25) is 14.5 Å². The molecule has 2 heterocycles. The molecule has 2 aromatic heterocycles. The monoisotopic (exact) mass is 374 g/mol. The normalized spacial score (nSPS) is 10.6. The number of methoxy groups -OCH3 is 1. The standard InChI is InChI=1S/C17H18N4O2S2/c1-23-13-6-3-2-5-12(13)11-18-15(22)8-9-21-16(19-20-17(21)24)14-7-4-10-25-14/h2-7,10H,8-9,11H2,1H3,(H,18,22)(H,20,24). The highest BCUT2D eigenvalue weighted by atomic mass is 32.1. The van der Waals surface area contributed by atoms with Crippen LogP contribution in [0.4, 0.5) is 0 Å². The maximum absolute atomic E-state index is 12.2. The Morgan fingerprint density at radius 3 is 2.96 bits per heavy atom. The van der Waals surface area contributed by atoms with Gasteiger partial charge < -0.3 is 10.1 Å². The van der Waals surface area contributed by atoms with E-state index in [9.17, 15) is 4.79 Å². The molecule has 0 aliphatic carbocycles. The lowest BCUT2D eigenvalue weighted by Crippen LogP contribution is -2.24. The Morgan fingerprint density at radius 1 is 1.36 bits per heavy atom. The minimum atomic E-state index is -0.0499. The highest BCUT2D eigenvalue weighted by Crippen LogP contribution is 2.23. The average molecular weight is 374 g/mol. The van der Waals surface area contributed by atoms with Crippen LogP contribution in [0.1, 0.15) is 12.0 Å². The molecule has 0 spiro atoms. The average Bonchev–Trinajstić information content (AvgIpc) is 3.28. The number of ether oxygens (including phenoxy) is 1. The van der Waals surface area contributed by atoms with Crippen LogP contribution in [0.2, 0.25) is 0 Å². The molecule has 0 unspecified atom stereocenters. The van der Waals surface area contributed by atoms with Crippen LogP contribution in [0, 0.1) is 4.77 Å². The summed E-state index contributed by atoms with van der Waals surface area (Å²) in [6.45, 7) is 0.901. The summed E-state index contributed by atoms with van der Waals surface area (Å²) >= 11 is 6.86. The topological polar surface area (TPSA) is 71.9 Å². The van der Waals surface area contributed by atoms with Crippen molar-refractivity contribution in [1.29, 1.82) is 0 Å². The van der Waals surface area contributed by atoms with Crippen molar-refractivity contribution in [2.75, 3.05) is 7.11 Å². The number of aromatic nitrogens is 3. The molecule has 8 heteroatoms. The number of carbonyl (C=O) groups is 1. The Balaban J connectivity index is 1.60. The molecule has 0 aliphatic heterocycles. The molecule has 3 aromatic rings. The second-order valence-corrected chi connectivity index (χ2v) is 6.65. The fourth-order valence-corrected chi connectivity index (χ4v) is 3.41. The second kappa shape index (κ2) is 8.09. The van der Waals surface area contributed by atoms with E-state index in [1.54, 1.807) is 18.4 Å². The largest absolute Gasteiger partial charge is 0.496 e. The van der Waals surface area contributed by atoms with Crippen molar-refractivity contribution in [3.8, 4) is 16.5 Å². The van der Waals surface area contributed by atoms with Gasteiger partial charge in [0.15, 0.2) is 10.6 Å². The molecule has 0 radical (unpaired) electrons. The lowest BCUT2D eigenvalue weighted by atomic mass is 10.2. The van der Waals surface area contributed by atoms with Crippen molar-refractivity contribution in [2.24, 2.45) is 0 Å². The molecule has 0 bridgehead atoms. The van der Waals surface area contributed by atoms with Crippen LogP contribution in [0.15, 0.2) is 41.8 Å². The number of nitrogens with one attached hydrogen (secondary N) is 2. The van der Waals surface area contributed by atoms with Crippen molar-refractivity contribution in [3.63, 3.8) is 0 Å². The minimum absolute atomic E-state index is 0.0499. The van der Waals surface area contributed by atoms with Gasteiger partial charge in [-0.1, -0.05) is 24.3 Å². The van der Waals surface area contributed by atoms with Gasteiger partial charge in [0.1, 0.15) is 5.75 Å². The Labute approximate surface area is 154 Å². The number of amides is 1. The van der Waals surface area contributed by atoms with Gasteiger partial charge in [-0.2, -0.15) is 5.10 Å². The lowest BCUT2D eigenvalue weighted by Gasteiger charge is -2.10. The molecule has 0 atom stereocenters. The van der Waals surface area contributed by atoms with Crippen LogP contribution in [0.25, 0.3) is 10.7 Å². The maximum Gasteiger partial charge on any atom is 0.222 e. The fraction of sp³-hybridized carbons (Fsp3) is 0.235. The summed E-state index contributed by atoms with van der Waals surface area (Å²) in [5.74, 6) is 1.48. The first kappa shape index (κ1) is 17.4. The number of hydrogen-bond acceptors (Lipinski definition) is 5. The van der Waals surface area contributed by atoms with Gasteiger partial charge in [0.2, 0.25) is 5.91 Å². The molecule has 0 saturated heterocycles. The van der Waals surface area contributed by atoms with Gasteiger partial charge in [0.05, 0.1) is 12.0 Å². The molecule has 2 N–H and O–H groups in total. The number of carbonyl (C=O) groups excluding carboxylic acids is 1. The zero-order chi connectivity index (χ0) is 17.6. The fourth-order valence-electron chi connectivity index (χ4n) is 2.46. The molecule has 0 aliphatic rings. The first-order valence-corrected chi connectivity index (χ1v) is 9.05. The lowest BCUT2D eigenvalue weighted by molar-refractivity contribution is -0.121. The summed E-state index contributed by atoms with van der Waals surface area (Å²) in [5, 5.41) is 12.0.